The van der Waals surface area contributed by atoms with Crippen molar-refractivity contribution in [1.29, 1.82) is 0 Å². The van der Waals surface area contributed by atoms with Crippen molar-refractivity contribution < 1.29 is 9.59 Å². The lowest BCUT2D eigenvalue weighted by Gasteiger charge is -2.30. The standard InChI is InChI=1S/C19H25N3O2S/c23-18(22-11-5-6-14(22)13-21-9-3-4-10-21)12-17-19(24)20-15-7-1-2-8-16(15)25-17/h1-2,7-8,14,17H,3-6,9-13H2,(H,20,24)/t14-,17-/m0/s1. The van der Waals surface area contributed by atoms with Gasteiger partial charge in [0.2, 0.25) is 11.8 Å². The fraction of sp³-hybridized carbons (Fsp3) is 0.579. The lowest BCUT2D eigenvalue weighted by atomic mass is 10.2. The number of rotatable bonds is 4. The molecule has 1 aromatic rings. The molecule has 3 aliphatic heterocycles. The third-order valence-electron chi connectivity index (χ3n) is 5.43. The predicted octanol–water partition coefficient (Wildman–Crippen LogP) is 2.58. The molecule has 25 heavy (non-hydrogen) atoms. The molecule has 4 rings (SSSR count). The van der Waals surface area contributed by atoms with Crippen LogP contribution in [-0.4, -0.2) is 59.1 Å². The monoisotopic (exact) mass is 359 g/mol. The van der Waals surface area contributed by atoms with Gasteiger partial charge in [0.1, 0.15) is 0 Å². The van der Waals surface area contributed by atoms with Crippen molar-refractivity contribution in [2.45, 2.75) is 48.3 Å². The molecule has 0 saturated carbocycles. The Morgan fingerprint density at radius 1 is 1.16 bits per heavy atom. The SMILES string of the molecule is O=C1Nc2ccccc2S[C@H]1CC(=O)N1CCC[C@H]1CN1CCCC1. The van der Waals surface area contributed by atoms with Crippen molar-refractivity contribution in [2.75, 3.05) is 31.5 Å². The number of hydrogen-bond donors (Lipinski definition) is 1. The quantitative estimate of drug-likeness (QED) is 0.898. The summed E-state index contributed by atoms with van der Waals surface area (Å²) in [4.78, 5) is 30.8. The highest BCUT2D eigenvalue weighted by atomic mass is 32.2. The number of thioether (sulfide) groups is 1. The average Bonchev–Trinajstić information content (AvgIpc) is 3.28. The summed E-state index contributed by atoms with van der Waals surface area (Å²) in [5.74, 6) is 0.0843. The summed E-state index contributed by atoms with van der Waals surface area (Å²) in [6.07, 6.45) is 5.02. The first kappa shape index (κ1) is 16.9. The number of carbonyl (C=O) groups is 2. The minimum absolute atomic E-state index is 0.0488. The number of benzene rings is 1. The highest BCUT2D eigenvalue weighted by Crippen LogP contribution is 2.37. The van der Waals surface area contributed by atoms with Crippen molar-refractivity contribution in [3.05, 3.63) is 24.3 Å². The number of nitrogens with zero attached hydrogens (tertiary/aromatic N) is 2. The average molecular weight is 359 g/mol. The molecule has 0 spiro atoms. The largest absolute Gasteiger partial charge is 0.338 e. The molecule has 1 N–H and O–H groups in total. The molecule has 0 aliphatic carbocycles. The Morgan fingerprint density at radius 2 is 1.96 bits per heavy atom. The Morgan fingerprint density at radius 3 is 2.80 bits per heavy atom. The van der Waals surface area contributed by atoms with Crippen molar-refractivity contribution in [3.63, 3.8) is 0 Å². The van der Waals surface area contributed by atoms with Gasteiger partial charge in [-0.3, -0.25) is 9.59 Å². The van der Waals surface area contributed by atoms with E-state index in [1.807, 2.05) is 29.2 Å². The van der Waals surface area contributed by atoms with Gasteiger partial charge >= 0.3 is 0 Å². The molecule has 0 unspecified atom stereocenters. The third-order valence-corrected chi connectivity index (χ3v) is 6.71. The van der Waals surface area contributed by atoms with Gasteiger partial charge in [0.05, 0.1) is 10.9 Å². The molecule has 0 aromatic heterocycles. The third kappa shape index (κ3) is 3.70. The number of nitrogens with one attached hydrogen (secondary N) is 1. The summed E-state index contributed by atoms with van der Waals surface area (Å²) in [6.45, 7) is 4.16. The van der Waals surface area contributed by atoms with Gasteiger partial charge < -0.3 is 15.1 Å². The molecule has 2 saturated heterocycles. The Bertz CT molecular complexity index is 660. The van der Waals surface area contributed by atoms with E-state index in [4.69, 9.17) is 0 Å². The van der Waals surface area contributed by atoms with E-state index in [0.29, 0.717) is 12.5 Å². The minimum Gasteiger partial charge on any atom is -0.338 e. The molecule has 5 nitrogen and oxygen atoms in total. The summed E-state index contributed by atoms with van der Waals surface area (Å²) >= 11 is 1.52. The number of hydrogen-bond acceptors (Lipinski definition) is 4. The van der Waals surface area contributed by atoms with Crippen LogP contribution in [0.3, 0.4) is 0 Å². The van der Waals surface area contributed by atoms with Gasteiger partial charge in [-0.1, -0.05) is 12.1 Å². The van der Waals surface area contributed by atoms with E-state index in [1.54, 1.807) is 0 Å². The second-order valence-electron chi connectivity index (χ2n) is 7.19. The first-order valence-electron chi connectivity index (χ1n) is 9.29. The Kier molecular flexibility index (Phi) is 4.99. The first-order valence-corrected chi connectivity index (χ1v) is 10.2. The number of carbonyl (C=O) groups excluding carboxylic acids is 2. The van der Waals surface area contributed by atoms with Crippen LogP contribution < -0.4 is 5.32 Å². The van der Waals surface area contributed by atoms with Crippen molar-refractivity contribution in [2.24, 2.45) is 0 Å². The predicted molar refractivity (Wildman–Crippen MR) is 99.7 cm³/mol. The number of amides is 2. The summed E-state index contributed by atoms with van der Waals surface area (Å²) in [5, 5.41) is 2.61. The molecule has 1 aromatic carbocycles. The van der Waals surface area contributed by atoms with Crippen LogP contribution in [0.2, 0.25) is 0 Å². The normalized spacial score (nSPS) is 26.6. The van der Waals surface area contributed by atoms with Gasteiger partial charge in [-0.2, -0.15) is 0 Å². The fourth-order valence-corrected chi connectivity index (χ4v) is 5.22. The smallest absolute Gasteiger partial charge is 0.238 e. The van der Waals surface area contributed by atoms with Crippen LogP contribution in [0, 0.1) is 0 Å². The molecular weight excluding hydrogens is 334 g/mol. The molecule has 0 bridgehead atoms. The van der Waals surface area contributed by atoms with E-state index in [9.17, 15) is 9.59 Å². The molecule has 3 heterocycles. The number of anilines is 1. The van der Waals surface area contributed by atoms with Crippen LogP contribution in [0.15, 0.2) is 29.2 Å². The molecule has 2 amide bonds. The second kappa shape index (κ2) is 7.38. The van der Waals surface area contributed by atoms with E-state index >= 15 is 0 Å². The van der Waals surface area contributed by atoms with Gasteiger partial charge in [0.25, 0.3) is 0 Å². The van der Waals surface area contributed by atoms with E-state index in [-0.39, 0.29) is 17.1 Å². The van der Waals surface area contributed by atoms with Crippen LogP contribution in [-0.2, 0) is 9.59 Å². The fourth-order valence-electron chi connectivity index (χ4n) is 4.12. The summed E-state index contributed by atoms with van der Waals surface area (Å²) in [5.41, 5.74) is 0.856. The Labute approximate surface area is 153 Å². The highest BCUT2D eigenvalue weighted by molar-refractivity contribution is 8.01. The summed E-state index contributed by atoms with van der Waals surface area (Å²) < 4.78 is 0. The van der Waals surface area contributed by atoms with Crippen LogP contribution in [0.25, 0.3) is 0 Å². The van der Waals surface area contributed by atoms with Crippen molar-refractivity contribution >= 4 is 29.3 Å². The maximum absolute atomic E-state index is 12.9. The van der Waals surface area contributed by atoms with Crippen LogP contribution in [0.1, 0.15) is 32.1 Å². The number of para-hydroxylation sites is 1. The topological polar surface area (TPSA) is 52.7 Å². The molecule has 2 fully saturated rings. The minimum atomic E-state index is -0.324. The van der Waals surface area contributed by atoms with E-state index < -0.39 is 0 Å². The summed E-state index contributed by atoms with van der Waals surface area (Å²) in [6, 6.07) is 8.12. The second-order valence-corrected chi connectivity index (χ2v) is 8.43. The number of likely N-dealkylation sites (tertiary alicyclic amines) is 2. The van der Waals surface area contributed by atoms with Gasteiger partial charge in [0.15, 0.2) is 0 Å². The molecule has 0 radical (unpaired) electrons. The number of fused-ring (bicyclic) bond motifs is 1. The van der Waals surface area contributed by atoms with Crippen LogP contribution >= 0.6 is 11.8 Å². The van der Waals surface area contributed by atoms with Gasteiger partial charge in [-0.25, -0.2) is 0 Å². The van der Waals surface area contributed by atoms with E-state index in [1.165, 1.54) is 24.6 Å². The van der Waals surface area contributed by atoms with Crippen LogP contribution in [0.4, 0.5) is 5.69 Å². The molecule has 134 valence electrons. The van der Waals surface area contributed by atoms with E-state index in [2.05, 4.69) is 10.2 Å². The lowest BCUT2D eigenvalue weighted by molar-refractivity contribution is -0.133. The molecule has 2 atom stereocenters. The van der Waals surface area contributed by atoms with Gasteiger partial charge in [-0.15, -0.1) is 11.8 Å². The highest BCUT2D eigenvalue weighted by Gasteiger charge is 2.35. The first-order chi connectivity index (χ1) is 12.2. The summed E-state index contributed by atoms with van der Waals surface area (Å²) in [7, 11) is 0. The van der Waals surface area contributed by atoms with Gasteiger partial charge in [-0.05, 0) is 50.9 Å². The molecular formula is C19H25N3O2S. The Balaban J connectivity index is 1.38. The Hall–Kier alpha value is -1.53. The van der Waals surface area contributed by atoms with Crippen molar-refractivity contribution in [3.8, 4) is 0 Å². The maximum atomic E-state index is 12.9. The van der Waals surface area contributed by atoms with Gasteiger partial charge in [0, 0.05) is 30.4 Å². The zero-order chi connectivity index (χ0) is 17.2. The maximum Gasteiger partial charge on any atom is 0.238 e. The lowest BCUT2D eigenvalue weighted by Crippen LogP contribution is -2.44. The van der Waals surface area contributed by atoms with Crippen molar-refractivity contribution in [1.82, 2.24) is 9.80 Å². The molecule has 6 heteroatoms. The zero-order valence-corrected chi connectivity index (χ0v) is 15.3. The van der Waals surface area contributed by atoms with E-state index in [0.717, 1.165) is 49.6 Å². The molecule has 3 aliphatic rings. The van der Waals surface area contributed by atoms with Crippen LogP contribution in [0.5, 0.6) is 0 Å². The zero-order valence-electron chi connectivity index (χ0n) is 14.4.